The summed E-state index contributed by atoms with van der Waals surface area (Å²) in [5.41, 5.74) is 17.4. The van der Waals surface area contributed by atoms with Crippen molar-refractivity contribution in [2.24, 2.45) is 0 Å². The van der Waals surface area contributed by atoms with Gasteiger partial charge in [0.05, 0.1) is 5.41 Å². The molecule has 1 unspecified atom stereocenters. The molecule has 0 saturated heterocycles. The Morgan fingerprint density at radius 1 is 0.583 bits per heavy atom. The standard InChI is InChI=1S/C35H27N/c36-34-23-33-31(22-30(34)26-20-19-24-11-7-8-12-25(24)21-26)29-17-9-10-18-32(29)35(33,27-13-3-1-4-14-27)28-15-5-2-6-16-28/h1,3-5,7-23H,2,6,36H2. The quantitative estimate of drug-likeness (QED) is 0.267. The van der Waals surface area contributed by atoms with Gasteiger partial charge in [0.2, 0.25) is 0 Å². The summed E-state index contributed by atoms with van der Waals surface area (Å²) < 4.78 is 0. The number of benzene rings is 5. The predicted octanol–water partition coefficient (Wildman–Crippen LogP) is 8.68. The Bertz CT molecular complexity index is 1690. The number of nitrogen functional groups attached to an aromatic ring is 1. The van der Waals surface area contributed by atoms with Crippen LogP contribution >= 0.6 is 0 Å². The fraction of sp³-hybridized carbons (Fsp3) is 0.0857. The van der Waals surface area contributed by atoms with Crippen LogP contribution in [0.5, 0.6) is 0 Å². The zero-order valence-corrected chi connectivity index (χ0v) is 20.1. The molecular formula is C35H27N. The van der Waals surface area contributed by atoms with Gasteiger partial charge < -0.3 is 5.73 Å². The summed E-state index contributed by atoms with van der Waals surface area (Å²) in [6.07, 6.45) is 9.21. The molecule has 5 aromatic carbocycles. The second-order valence-corrected chi connectivity index (χ2v) is 9.85. The first-order valence-electron chi connectivity index (χ1n) is 12.7. The smallest absolute Gasteiger partial charge is 0.0711 e. The van der Waals surface area contributed by atoms with E-state index in [2.05, 4.69) is 127 Å². The largest absolute Gasteiger partial charge is 0.398 e. The average molecular weight is 462 g/mol. The third kappa shape index (κ3) is 2.96. The van der Waals surface area contributed by atoms with Gasteiger partial charge in [-0.15, -0.1) is 0 Å². The molecule has 1 atom stereocenters. The summed E-state index contributed by atoms with van der Waals surface area (Å²) in [5, 5.41) is 2.47. The van der Waals surface area contributed by atoms with Crippen LogP contribution in [0.1, 0.15) is 29.5 Å². The van der Waals surface area contributed by atoms with E-state index >= 15 is 0 Å². The lowest BCUT2D eigenvalue weighted by molar-refractivity contribution is 0.752. The van der Waals surface area contributed by atoms with Crippen LogP contribution in [0.4, 0.5) is 5.69 Å². The summed E-state index contributed by atoms with van der Waals surface area (Å²) in [6.45, 7) is 0. The van der Waals surface area contributed by atoms with E-state index in [1.165, 1.54) is 44.2 Å². The highest BCUT2D eigenvalue weighted by atomic mass is 14.6. The van der Waals surface area contributed by atoms with Gasteiger partial charge in [-0.05, 0) is 80.8 Å². The number of fused-ring (bicyclic) bond motifs is 4. The minimum atomic E-state index is -0.375. The molecule has 5 aromatic rings. The third-order valence-corrected chi connectivity index (χ3v) is 7.91. The lowest BCUT2D eigenvalue weighted by Crippen LogP contribution is -2.29. The van der Waals surface area contributed by atoms with Crippen molar-refractivity contribution in [1.82, 2.24) is 0 Å². The van der Waals surface area contributed by atoms with Gasteiger partial charge in [-0.2, -0.15) is 0 Å². The topological polar surface area (TPSA) is 26.0 Å². The highest BCUT2D eigenvalue weighted by Gasteiger charge is 2.47. The normalized spacial score (nSPS) is 18.1. The molecule has 2 N–H and O–H groups in total. The first-order chi connectivity index (χ1) is 17.8. The van der Waals surface area contributed by atoms with Crippen LogP contribution in [0.2, 0.25) is 0 Å². The van der Waals surface area contributed by atoms with Crippen molar-refractivity contribution in [3.63, 3.8) is 0 Å². The first-order valence-corrected chi connectivity index (χ1v) is 12.7. The molecule has 0 saturated carbocycles. The molecule has 0 aliphatic heterocycles. The van der Waals surface area contributed by atoms with Crippen LogP contribution < -0.4 is 5.73 Å². The van der Waals surface area contributed by atoms with Crippen molar-refractivity contribution < 1.29 is 0 Å². The molecule has 36 heavy (non-hydrogen) atoms. The van der Waals surface area contributed by atoms with Gasteiger partial charge in [0.1, 0.15) is 0 Å². The third-order valence-electron chi connectivity index (χ3n) is 7.91. The number of nitrogens with two attached hydrogens (primary N) is 1. The highest BCUT2D eigenvalue weighted by molar-refractivity contribution is 5.95. The van der Waals surface area contributed by atoms with Crippen LogP contribution in [0.25, 0.3) is 33.0 Å². The molecule has 0 spiro atoms. The number of allylic oxidation sites excluding steroid dienone is 4. The second-order valence-electron chi connectivity index (χ2n) is 9.85. The number of rotatable bonds is 3. The molecule has 172 valence electrons. The van der Waals surface area contributed by atoms with Crippen LogP contribution in [-0.2, 0) is 5.41 Å². The number of hydrogen-bond donors (Lipinski definition) is 1. The van der Waals surface area contributed by atoms with Gasteiger partial charge in [-0.1, -0.05) is 109 Å². The van der Waals surface area contributed by atoms with Gasteiger partial charge >= 0.3 is 0 Å². The van der Waals surface area contributed by atoms with Crippen LogP contribution in [0.15, 0.2) is 133 Å². The second kappa shape index (κ2) is 8.10. The Morgan fingerprint density at radius 2 is 1.36 bits per heavy atom. The van der Waals surface area contributed by atoms with E-state index in [1.54, 1.807) is 0 Å². The minimum absolute atomic E-state index is 0.375. The van der Waals surface area contributed by atoms with Crippen molar-refractivity contribution in [3.05, 3.63) is 150 Å². The Kier molecular flexibility index (Phi) is 4.72. The SMILES string of the molecule is Nc1cc2c(cc1-c1ccc3ccccc3c1)-c1ccccc1C2(C1=CCCC=C1)c1ccccc1. The first kappa shape index (κ1) is 21.0. The van der Waals surface area contributed by atoms with E-state index in [0.717, 1.165) is 29.7 Å². The van der Waals surface area contributed by atoms with E-state index in [0.29, 0.717) is 0 Å². The summed E-state index contributed by atoms with van der Waals surface area (Å²) in [6, 6.07) is 39.5. The predicted molar refractivity (Wildman–Crippen MR) is 152 cm³/mol. The van der Waals surface area contributed by atoms with Crippen molar-refractivity contribution in [1.29, 1.82) is 0 Å². The van der Waals surface area contributed by atoms with Gasteiger partial charge in [-0.3, -0.25) is 0 Å². The van der Waals surface area contributed by atoms with E-state index in [-0.39, 0.29) is 5.41 Å². The van der Waals surface area contributed by atoms with Crippen molar-refractivity contribution in [2.75, 3.05) is 5.73 Å². The zero-order valence-electron chi connectivity index (χ0n) is 20.1. The maximum Gasteiger partial charge on any atom is 0.0711 e. The van der Waals surface area contributed by atoms with Gasteiger partial charge in [0, 0.05) is 11.3 Å². The average Bonchev–Trinajstić information content (AvgIpc) is 3.23. The molecule has 0 bridgehead atoms. The molecule has 1 nitrogen and oxygen atoms in total. The maximum atomic E-state index is 6.90. The molecule has 0 amide bonds. The van der Waals surface area contributed by atoms with Crippen molar-refractivity contribution >= 4 is 16.5 Å². The van der Waals surface area contributed by atoms with E-state index in [4.69, 9.17) is 5.73 Å². The maximum absolute atomic E-state index is 6.90. The Hall–Kier alpha value is -4.36. The van der Waals surface area contributed by atoms with E-state index in [9.17, 15) is 0 Å². The lowest BCUT2D eigenvalue weighted by atomic mass is 9.66. The summed E-state index contributed by atoms with van der Waals surface area (Å²) in [7, 11) is 0. The van der Waals surface area contributed by atoms with E-state index in [1.807, 2.05) is 0 Å². The zero-order chi connectivity index (χ0) is 24.1. The molecule has 0 radical (unpaired) electrons. The van der Waals surface area contributed by atoms with Crippen molar-refractivity contribution in [2.45, 2.75) is 18.3 Å². The fourth-order valence-electron chi connectivity index (χ4n) is 6.31. The minimum Gasteiger partial charge on any atom is -0.398 e. The Labute approximate surface area is 212 Å². The molecule has 2 aliphatic carbocycles. The Balaban J connectivity index is 1.54. The van der Waals surface area contributed by atoms with Crippen molar-refractivity contribution in [3.8, 4) is 22.3 Å². The molecule has 0 heterocycles. The van der Waals surface area contributed by atoms with E-state index < -0.39 is 0 Å². The number of hydrogen-bond acceptors (Lipinski definition) is 1. The van der Waals surface area contributed by atoms with Gasteiger partial charge in [0.25, 0.3) is 0 Å². The monoisotopic (exact) mass is 461 g/mol. The molecular weight excluding hydrogens is 434 g/mol. The summed E-state index contributed by atoms with van der Waals surface area (Å²) in [4.78, 5) is 0. The number of anilines is 1. The summed E-state index contributed by atoms with van der Waals surface area (Å²) >= 11 is 0. The molecule has 1 heteroatoms. The highest BCUT2D eigenvalue weighted by Crippen LogP contribution is 2.58. The van der Waals surface area contributed by atoms with Gasteiger partial charge in [0.15, 0.2) is 0 Å². The van der Waals surface area contributed by atoms with Gasteiger partial charge in [-0.25, -0.2) is 0 Å². The van der Waals surface area contributed by atoms with Crippen LogP contribution in [0.3, 0.4) is 0 Å². The molecule has 2 aliphatic rings. The molecule has 0 fully saturated rings. The van der Waals surface area contributed by atoms with Crippen LogP contribution in [-0.4, -0.2) is 0 Å². The van der Waals surface area contributed by atoms with Crippen LogP contribution in [0, 0.1) is 0 Å². The Morgan fingerprint density at radius 3 is 2.19 bits per heavy atom. The molecule has 7 rings (SSSR count). The fourth-order valence-corrected chi connectivity index (χ4v) is 6.31. The summed E-state index contributed by atoms with van der Waals surface area (Å²) in [5.74, 6) is 0. The molecule has 0 aromatic heterocycles. The lowest BCUT2D eigenvalue weighted by Gasteiger charge is -2.35.